The third-order valence-electron chi connectivity index (χ3n) is 3.79. The van der Waals surface area contributed by atoms with E-state index in [1.54, 1.807) is 19.2 Å². The quantitative estimate of drug-likeness (QED) is 0.835. The van der Waals surface area contributed by atoms with Gasteiger partial charge in [-0.1, -0.05) is 63.2 Å². The minimum atomic E-state index is -0.448. The topological polar surface area (TPSA) is 55.4 Å². The number of hydrogen-bond acceptors (Lipinski definition) is 3. The van der Waals surface area contributed by atoms with E-state index in [0.29, 0.717) is 5.56 Å². The van der Waals surface area contributed by atoms with Crippen LogP contribution in [0.5, 0.6) is 0 Å². The molecule has 24 heavy (non-hydrogen) atoms. The van der Waals surface area contributed by atoms with Crippen LogP contribution in [0.3, 0.4) is 0 Å². The van der Waals surface area contributed by atoms with Crippen molar-refractivity contribution in [1.29, 1.82) is 0 Å². The zero-order chi connectivity index (χ0) is 17.7. The fourth-order valence-corrected chi connectivity index (χ4v) is 2.55. The Balaban J connectivity index is 2.38. The maximum atomic E-state index is 11.7. The van der Waals surface area contributed by atoms with Crippen molar-refractivity contribution in [3.63, 3.8) is 0 Å². The summed E-state index contributed by atoms with van der Waals surface area (Å²) >= 11 is 0. The average molecular weight is 325 g/mol. The van der Waals surface area contributed by atoms with Crippen molar-refractivity contribution in [1.82, 2.24) is 5.32 Å². The van der Waals surface area contributed by atoms with Crippen LogP contribution in [0.15, 0.2) is 48.5 Å². The molecule has 126 valence electrons. The van der Waals surface area contributed by atoms with Crippen LogP contribution in [0.2, 0.25) is 0 Å². The third-order valence-corrected chi connectivity index (χ3v) is 3.79. The van der Waals surface area contributed by atoms with Crippen LogP contribution in [-0.2, 0) is 4.74 Å². The zero-order valence-electron chi connectivity index (χ0n) is 14.5. The first-order valence-electron chi connectivity index (χ1n) is 7.89. The molecule has 0 heterocycles. The molecule has 0 aliphatic heterocycles. The largest absolute Gasteiger partial charge is 0.441 e. The standard InChI is InChI=1S/C20H23NO3/c1-20(2,3)18(24-19(23)21-4)17-7-5-6-16(12-17)15-10-8-14(13-22)9-11-15/h5-13,18H,1-4H3,(H,21,23). The minimum absolute atomic E-state index is 0.244. The van der Waals surface area contributed by atoms with Gasteiger partial charge < -0.3 is 10.1 Å². The molecule has 0 fully saturated rings. The van der Waals surface area contributed by atoms with Gasteiger partial charge in [-0.25, -0.2) is 4.79 Å². The molecular formula is C20H23NO3. The lowest BCUT2D eigenvalue weighted by molar-refractivity contribution is 0.0314. The lowest BCUT2D eigenvalue weighted by Crippen LogP contribution is -2.28. The van der Waals surface area contributed by atoms with Crippen LogP contribution in [0.25, 0.3) is 11.1 Å². The SMILES string of the molecule is CNC(=O)OC(c1cccc(-c2ccc(C=O)cc2)c1)C(C)(C)C. The monoisotopic (exact) mass is 325 g/mol. The van der Waals surface area contributed by atoms with Crippen molar-refractivity contribution in [2.45, 2.75) is 26.9 Å². The molecule has 0 aliphatic rings. The van der Waals surface area contributed by atoms with Gasteiger partial charge in [-0.3, -0.25) is 4.79 Å². The molecule has 4 heteroatoms. The zero-order valence-corrected chi connectivity index (χ0v) is 14.5. The molecule has 1 N–H and O–H groups in total. The molecular weight excluding hydrogens is 302 g/mol. The maximum Gasteiger partial charge on any atom is 0.407 e. The number of alkyl carbamates (subject to hydrolysis) is 1. The summed E-state index contributed by atoms with van der Waals surface area (Å²) in [7, 11) is 1.55. The van der Waals surface area contributed by atoms with E-state index in [-0.39, 0.29) is 11.5 Å². The first-order chi connectivity index (χ1) is 11.3. The fourth-order valence-electron chi connectivity index (χ4n) is 2.55. The first-order valence-corrected chi connectivity index (χ1v) is 7.89. The van der Waals surface area contributed by atoms with Gasteiger partial charge in [0.25, 0.3) is 0 Å². The highest BCUT2D eigenvalue weighted by Crippen LogP contribution is 2.37. The van der Waals surface area contributed by atoms with Crippen molar-refractivity contribution in [2.24, 2.45) is 5.41 Å². The first kappa shape index (κ1) is 17.7. The Morgan fingerprint density at radius 3 is 2.29 bits per heavy atom. The van der Waals surface area contributed by atoms with E-state index in [2.05, 4.69) is 5.32 Å². The van der Waals surface area contributed by atoms with Crippen LogP contribution in [0.4, 0.5) is 4.79 Å². The highest BCUT2D eigenvalue weighted by atomic mass is 16.6. The van der Waals surface area contributed by atoms with Gasteiger partial charge in [-0.15, -0.1) is 0 Å². The molecule has 2 rings (SSSR count). The number of aldehydes is 1. The van der Waals surface area contributed by atoms with Crippen LogP contribution in [0.1, 0.15) is 42.8 Å². The van der Waals surface area contributed by atoms with Gasteiger partial charge in [0.05, 0.1) is 0 Å². The third kappa shape index (κ3) is 4.22. The molecule has 4 nitrogen and oxygen atoms in total. The summed E-state index contributed by atoms with van der Waals surface area (Å²) in [5, 5.41) is 2.50. The molecule has 1 amide bonds. The number of amides is 1. The molecule has 0 saturated carbocycles. The van der Waals surface area contributed by atoms with Gasteiger partial charge in [-0.05, 0) is 22.8 Å². The van der Waals surface area contributed by atoms with Crippen molar-refractivity contribution in [3.8, 4) is 11.1 Å². The van der Waals surface area contributed by atoms with Gasteiger partial charge in [0.1, 0.15) is 12.4 Å². The highest BCUT2D eigenvalue weighted by Gasteiger charge is 2.30. The Morgan fingerprint density at radius 1 is 1.08 bits per heavy atom. The maximum absolute atomic E-state index is 11.7. The molecule has 0 bridgehead atoms. The Morgan fingerprint density at radius 2 is 1.75 bits per heavy atom. The number of rotatable bonds is 4. The van der Waals surface area contributed by atoms with E-state index in [1.165, 1.54) is 0 Å². The van der Waals surface area contributed by atoms with Crippen LogP contribution in [-0.4, -0.2) is 19.4 Å². The summed E-state index contributed by atoms with van der Waals surface area (Å²) in [6, 6.07) is 15.3. The second-order valence-corrected chi connectivity index (χ2v) is 6.77. The van der Waals surface area contributed by atoms with Gasteiger partial charge in [0.2, 0.25) is 0 Å². The average Bonchev–Trinajstić information content (AvgIpc) is 2.58. The lowest BCUT2D eigenvalue weighted by atomic mass is 9.84. The Bertz CT molecular complexity index is 714. The van der Waals surface area contributed by atoms with Gasteiger partial charge in [-0.2, -0.15) is 0 Å². The molecule has 0 aromatic heterocycles. The molecule has 2 aromatic rings. The summed E-state index contributed by atoms with van der Waals surface area (Å²) < 4.78 is 5.58. The number of hydrogen-bond donors (Lipinski definition) is 1. The van der Waals surface area contributed by atoms with E-state index in [9.17, 15) is 9.59 Å². The summed E-state index contributed by atoms with van der Waals surface area (Å²) in [6.45, 7) is 6.10. The number of ether oxygens (including phenoxy) is 1. The second-order valence-electron chi connectivity index (χ2n) is 6.77. The lowest BCUT2D eigenvalue weighted by Gasteiger charge is -2.30. The van der Waals surface area contributed by atoms with Crippen LogP contribution >= 0.6 is 0 Å². The Hall–Kier alpha value is -2.62. The summed E-state index contributed by atoms with van der Waals surface area (Å²) in [5.74, 6) is 0. The van der Waals surface area contributed by atoms with E-state index in [4.69, 9.17) is 4.74 Å². The van der Waals surface area contributed by atoms with Gasteiger partial charge in [0.15, 0.2) is 0 Å². The highest BCUT2D eigenvalue weighted by molar-refractivity contribution is 5.77. The van der Waals surface area contributed by atoms with Crippen molar-refractivity contribution >= 4 is 12.4 Å². The number of carbonyl (C=O) groups is 2. The minimum Gasteiger partial charge on any atom is -0.441 e. The smallest absolute Gasteiger partial charge is 0.407 e. The molecule has 1 atom stereocenters. The fraction of sp³-hybridized carbons (Fsp3) is 0.300. The van der Waals surface area contributed by atoms with E-state index < -0.39 is 6.09 Å². The Kier molecular flexibility index (Phi) is 5.39. The van der Waals surface area contributed by atoms with Crippen LogP contribution < -0.4 is 5.32 Å². The van der Waals surface area contributed by atoms with Crippen LogP contribution in [0, 0.1) is 5.41 Å². The molecule has 0 spiro atoms. The van der Waals surface area contributed by atoms with E-state index in [1.807, 2.05) is 57.2 Å². The predicted molar refractivity (Wildman–Crippen MR) is 95.0 cm³/mol. The normalized spacial score (nSPS) is 12.3. The summed E-state index contributed by atoms with van der Waals surface area (Å²) in [4.78, 5) is 22.5. The predicted octanol–water partition coefficient (Wildman–Crippen LogP) is 4.61. The summed E-state index contributed by atoms with van der Waals surface area (Å²) in [5.41, 5.74) is 3.36. The second kappa shape index (κ2) is 7.30. The number of carbonyl (C=O) groups excluding carboxylic acids is 2. The van der Waals surface area contributed by atoms with Gasteiger partial charge in [0, 0.05) is 18.0 Å². The van der Waals surface area contributed by atoms with Crippen molar-refractivity contribution in [3.05, 3.63) is 59.7 Å². The van der Waals surface area contributed by atoms with Crippen molar-refractivity contribution < 1.29 is 14.3 Å². The van der Waals surface area contributed by atoms with Crippen molar-refractivity contribution in [2.75, 3.05) is 7.05 Å². The van der Waals surface area contributed by atoms with Gasteiger partial charge >= 0.3 is 6.09 Å². The molecule has 0 radical (unpaired) electrons. The summed E-state index contributed by atoms with van der Waals surface area (Å²) in [6.07, 6.45) is 0.00912. The van der Waals surface area contributed by atoms with E-state index in [0.717, 1.165) is 23.0 Å². The molecule has 0 aliphatic carbocycles. The number of benzene rings is 2. The molecule has 2 aromatic carbocycles. The molecule has 0 saturated heterocycles. The molecule has 1 unspecified atom stereocenters. The number of nitrogens with one attached hydrogen (secondary N) is 1. The Labute approximate surface area is 142 Å². The van der Waals surface area contributed by atoms with E-state index >= 15 is 0 Å².